The number of ketones is 2. The molecule has 2 aliphatic carbocycles. The topological polar surface area (TPSA) is 91.6 Å². The molecule has 3 fully saturated rings. The van der Waals surface area contributed by atoms with Crippen LogP contribution in [0.1, 0.15) is 46.1 Å². The van der Waals surface area contributed by atoms with Crippen LogP contribution in [0.15, 0.2) is 66.4 Å². The first kappa shape index (κ1) is 25.1. The first-order chi connectivity index (χ1) is 18.2. The Morgan fingerprint density at radius 2 is 1.89 bits per heavy atom. The summed E-state index contributed by atoms with van der Waals surface area (Å²) in [5.41, 5.74) is 1.44. The van der Waals surface area contributed by atoms with Gasteiger partial charge in [0.2, 0.25) is 5.91 Å². The summed E-state index contributed by atoms with van der Waals surface area (Å²) in [6, 6.07) is 7.90. The molecule has 1 spiro atoms. The second kappa shape index (κ2) is 8.91. The molecule has 1 aromatic heterocycles. The molecule has 8 atom stereocenters. The number of hydrogen-bond acceptors (Lipinski definition) is 4. The third kappa shape index (κ3) is 3.68. The van der Waals surface area contributed by atoms with E-state index < -0.39 is 16.9 Å². The maximum absolute atomic E-state index is 14.2. The number of ether oxygens (including phenoxy) is 1. The molecule has 0 bridgehead atoms. The molecular weight excluding hydrogens is 476 g/mol. The lowest BCUT2D eigenvalue weighted by atomic mass is 9.51. The number of rotatable bonds is 2. The van der Waals surface area contributed by atoms with E-state index in [2.05, 4.69) is 55.4 Å². The summed E-state index contributed by atoms with van der Waals surface area (Å²) in [7, 11) is 0. The van der Waals surface area contributed by atoms with Crippen molar-refractivity contribution >= 4 is 28.4 Å². The van der Waals surface area contributed by atoms with Crippen molar-refractivity contribution in [3.8, 4) is 0 Å². The van der Waals surface area contributed by atoms with Gasteiger partial charge in [-0.15, -0.1) is 0 Å². The van der Waals surface area contributed by atoms with E-state index in [0.717, 1.165) is 28.5 Å². The number of allylic oxidation sites excluding steroid dienone is 5. The van der Waals surface area contributed by atoms with Crippen LogP contribution < -0.4 is 5.32 Å². The van der Waals surface area contributed by atoms with E-state index >= 15 is 0 Å². The third-order valence-electron chi connectivity index (χ3n) is 9.65. The van der Waals surface area contributed by atoms with Gasteiger partial charge in [-0.3, -0.25) is 14.4 Å². The van der Waals surface area contributed by atoms with Crippen molar-refractivity contribution in [3.05, 3.63) is 72.0 Å². The molecule has 6 nitrogen and oxygen atoms in total. The van der Waals surface area contributed by atoms with Crippen molar-refractivity contribution in [1.82, 2.24) is 10.3 Å². The average molecular weight is 513 g/mol. The fourth-order valence-electron chi connectivity index (χ4n) is 7.70. The minimum absolute atomic E-state index is 0.0297. The first-order valence-electron chi connectivity index (χ1n) is 13.8. The number of nitrogens with one attached hydrogen (secondary N) is 2. The number of carbonyl (C=O) groups excluding carboxylic acids is 3. The fourth-order valence-corrected chi connectivity index (χ4v) is 7.70. The Bertz CT molecular complexity index is 1420. The number of para-hydroxylation sites is 1. The van der Waals surface area contributed by atoms with Crippen LogP contribution >= 0.6 is 0 Å². The molecule has 3 heterocycles. The van der Waals surface area contributed by atoms with E-state index in [0.29, 0.717) is 6.42 Å². The summed E-state index contributed by atoms with van der Waals surface area (Å²) in [5.74, 6) is -1.12. The first-order valence-corrected chi connectivity index (χ1v) is 13.8. The molecule has 2 saturated heterocycles. The van der Waals surface area contributed by atoms with E-state index in [1.165, 1.54) is 12.2 Å². The smallest absolute Gasteiger partial charge is 0.235 e. The summed E-state index contributed by atoms with van der Waals surface area (Å²) in [4.78, 5) is 44.4. The van der Waals surface area contributed by atoms with E-state index in [4.69, 9.17) is 4.74 Å². The Morgan fingerprint density at radius 1 is 1.11 bits per heavy atom. The summed E-state index contributed by atoms with van der Waals surface area (Å²) in [6.45, 7) is 8.31. The predicted octanol–water partition coefficient (Wildman–Crippen LogP) is 4.86. The van der Waals surface area contributed by atoms with Crippen molar-refractivity contribution in [2.24, 2.45) is 29.1 Å². The monoisotopic (exact) mass is 512 g/mol. The second-order valence-electron chi connectivity index (χ2n) is 12.1. The molecule has 198 valence electrons. The van der Waals surface area contributed by atoms with Crippen molar-refractivity contribution in [2.45, 2.75) is 64.7 Å². The largest absolute Gasteiger partial charge is 0.365 e. The van der Waals surface area contributed by atoms with Gasteiger partial charge < -0.3 is 15.0 Å². The molecule has 0 radical (unpaired) electrons. The number of fused-ring (bicyclic) bond motifs is 3. The third-order valence-corrected chi connectivity index (χ3v) is 9.65. The highest BCUT2D eigenvalue weighted by Gasteiger charge is 2.78. The highest BCUT2D eigenvalue weighted by Crippen LogP contribution is 2.66. The quantitative estimate of drug-likeness (QED) is 0.342. The molecule has 6 heteroatoms. The lowest BCUT2D eigenvalue weighted by Crippen LogP contribution is -2.58. The van der Waals surface area contributed by atoms with Crippen molar-refractivity contribution < 1.29 is 19.1 Å². The summed E-state index contributed by atoms with van der Waals surface area (Å²) >= 11 is 0. The maximum atomic E-state index is 14.2. The normalized spacial score (nSPS) is 41.9. The Labute approximate surface area is 223 Å². The van der Waals surface area contributed by atoms with Crippen LogP contribution in [-0.2, 0) is 25.5 Å². The van der Waals surface area contributed by atoms with Crippen LogP contribution in [0.25, 0.3) is 10.9 Å². The molecule has 2 aromatic rings. The van der Waals surface area contributed by atoms with Crippen LogP contribution in [0.3, 0.4) is 0 Å². The molecule has 1 amide bonds. The Morgan fingerprint density at radius 3 is 2.71 bits per heavy atom. The lowest BCUT2D eigenvalue weighted by Gasteiger charge is -2.45. The number of aromatic amines is 1. The molecule has 1 aromatic carbocycles. The number of benzene rings is 1. The molecule has 1 saturated carbocycles. The average Bonchev–Trinajstić information content (AvgIpc) is 3.28. The van der Waals surface area contributed by atoms with Crippen LogP contribution in [0.4, 0.5) is 0 Å². The van der Waals surface area contributed by atoms with Crippen LogP contribution in [0.2, 0.25) is 0 Å². The van der Waals surface area contributed by atoms with Gasteiger partial charge in [0.1, 0.15) is 5.41 Å². The molecule has 1 unspecified atom stereocenters. The van der Waals surface area contributed by atoms with Crippen molar-refractivity contribution in [2.75, 3.05) is 0 Å². The molecule has 6 rings (SSSR count). The van der Waals surface area contributed by atoms with Gasteiger partial charge in [-0.25, -0.2) is 0 Å². The number of hydrogen-bond donors (Lipinski definition) is 2. The summed E-state index contributed by atoms with van der Waals surface area (Å²) < 4.78 is 6.35. The standard InChI is InChI=1S/C32H36N2O4/c1-18-8-7-10-24-29-31(4,38-29)20(3)28-26(16-21-17-33-25-11-6-5-9-23(21)25)34-30(37)32(24,28)27(36)13-12-22(35)15-19(2)14-18/h5-7,9-14,17-18,20,24,26,28-29,33H,8,15-16H2,1-4H3,(H,34,37)/b10-7+,13-12+,19-14-/t18-,20-,24-,26-,28-,29-,31+,32?/m0/s1. The van der Waals surface area contributed by atoms with Gasteiger partial charge in [0.05, 0.1) is 11.7 Å². The van der Waals surface area contributed by atoms with Crippen LogP contribution in [0, 0.1) is 29.1 Å². The van der Waals surface area contributed by atoms with Gasteiger partial charge in [0.15, 0.2) is 11.6 Å². The molecule has 2 N–H and O–H groups in total. The predicted molar refractivity (Wildman–Crippen MR) is 146 cm³/mol. The zero-order chi connectivity index (χ0) is 26.8. The van der Waals surface area contributed by atoms with E-state index in [-0.39, 0.29) is 53.8 Å². The number of epoxide rings is 1. The van der Waals surface area contributed by atoms with Crippen LogP contribution in [0.5, 0.6) is 0 Å². The van der Waals surface area contributed by atoms with Gasteiger partial charge in [0, 0.05) is 41.4 Å². The number of aromatic nitrogens is 1. The Balaban J connectivity index is 1.46. The molecular formula is C32H36N2O4. The highest BCUT2D eigenvalue weighted by atomic mass is 16.6. The second-order valence-corrected chi connectivity index (χ2v) is 12.1. The molecule has 38 heavy (non-hydrogen) atoms. The number of carbonyl (C=O) groups is 3. The Hall–Kier alpha value is -3.25. The van der Waals surface area contributed by atoms with Crippen molar-refractivity contribution in [1.29, 1.82) is 0 Å². The fraction of sp³-hybridized carbons (Fsp3) is 0.469. The van der Waals surface area contributed by atoms with Gasteiger partial charge >= 0.3 is 0 Å². The lowest BCUT2D eigenvalue weighted by molar-refractivity contribution is -0.145. The zero-order valence-electron chi connectivity index (χ0n) is 22.5. The van der Waals surface area contributed by atoms with E-state index in [1.807, 2.05) is 31.3 Å². The Kier molecular flexibility index (Phi) is 5.87. The summed E-state index contributed by atoms with van der Waals surface area (Å²) in [5, 5.41) is 4.39. The number of amides is 1. The van der Waals surface area contributed by atoms with Gasteiger partial charge in [0.25, 0.3) is 0 Å². The SMILES string of the molecule is C/C1=C/[C@@H](C)C/C=C/[C@H]2[C@@H]3O[C@]3(C)[C@@H](C)[C@H]3[C@H](Cc4c[nH]c5ccccc45)NC(=O)C32C(=O)/C=C/C(=O)C1. The van der Waals surface area contributed by atoms with Gasteiger partial charge in [-0.05, 0) is 62.3 Å². The number of H-pyrrole nitrogens is 1. The van der Waals surface area contributed by atoms with E-state index in [1.54, 1.807) is 0 Å². The van der Waals surface area contributed by atoms with E-state index in [9.17, 15) is 14.4 Å². The minimum atomic E-state index is -1.32. The van der Waals surface area contributed by atoms with Crippen molar-refractivity contribution in [3.63, 3.8) is 0 Å². The van der Waals surface area contributed by atoms with Crippen LogP contribution in [-0.4, -0.2) is 40.2 Å². The van der Waals surface area contributed by atoms with Gasteiger partial charge in [-0.1, -0.05) is 55.8 Å². The van der Waals surface area contributed by atoms with Gasteiger partial charge in [-0.2, -0.15) is 0 Å². The maximum Gasteiger partial charge on any atom is 0.235 e. The highest BCUT2D eigenvalue weighted by molar-refractivity contribution is 6.15. The zero-order valence-corrected chi connectivity index (χ0v) is 22.5. The summed E-state index contributed by atoms with van der Waals surface area (Å²) in [6.07, 6.45) is 12.5. The minimum Gasteiger partial charge on any atom is -0.365 e. The molecule has 2 aliphatic heterocycles. The molecule has 4 aliphatic rings.